The predicted octanol–water partition coefficient (Wildman–Crippen LogP) is 7.61. The molecule has 256 valence electrons. The molecular weight excluding hydrogens is 716 g/mol. The van der Waals surface area contributed by atoms with E-state index in [4.69, 9.17) is 19.9 Å². The van der Waals surface area contributed by atoms with E-state index in [0.29, 0.717) is 0 Å². The van der Waals surface area contributed by atoms with Crippen LogP contribution in [0.15, 0.2) is 170 Å². The van der Waals surface area contributed by atoms with Crippen molar-refractivity contribution in [2.75, 3.05) is 14.1 Å². The third kappa shape index (κ3) is 7.27. The third-order valence-corrected chi connectivity index (χ3v) is 9.07. The van der Waals surface area contributed by atoms with Gasteiger partial charge in [0.1, 0.15) is 0 Å². The van der Waals surface area contributed by atoms with Gasteiger partial charge in [-0.25, -0.2) is 0 Å². The SMILES string of the molecule is CN(C)C=O.[Zn].c1ccc([C+]2c3ccc([n-]3)[C+](c3ccccc3)c3ccc([n-]3)[C+](c3ccccc3)c3ccc([n-]3)[C+](c3ccccc3)c3ccc2[n-]3)cc1. The molecule has 0 spiro atoms. The van der Waals surface area contributed by atoms with Gasteiger partial charge in [0.05, 0.1) is 22.3 Å². The van der Waals surface area contributed by atoms with E-state index >= 15 is 0 Å². The number of hydrogen-bond acceptors (Lipinski definition) is 1. The third-order valence-electron chi connectivity index (χ3n) is 9.07. The molecule has 7 heteroatoms. The van der Waals surface area contributed by atoms with E-state index < -0.39 is 0 Å². The van der Waals surface area contributed by atoms with Crippen molar-refractivity contribution in [3.05, 3.63) is 261 Å². The van der Waals surface area contributed by atoms with Crippen LogP contribution in [0.4, 0.5) is 0 Å². The minimum absolute atomic E-state index is 0. The summed E-state index contributed by atoms with van der Waals surface area (Å²) >= 11 is 0. The zero-order valence-corrected chi connectivity index (χ0v) is 33.1. The molecule has 1 amide bonds. The Kier molecular flexibility index (Phi) is 10.7. The van der Waals surface area contributed by atoms with E-state index in [9.17, 15) is 4.79 Å². The van der Waals surface area contributed by atoms with Gasteiger partial charge in [0, 0.05) is 154 Å². The molecule has 54 heavy (non-hydrogen) atoms. The van der Waals surface area contributed by atoms with Crippen LogP contribution >= 0.6 is 0 Å². The summed E-state index contributed by atoms with van der Waals surface area (Å²) in [6.07, 6.45) is 0.750. The molecule has 0 atom stereocenters. The molecule has 1 aliphatic rings. The maximum absolute atomic E-state index is 9.43. The largest absolute Gasteiger partial charge is 0.628 e. The molecule has 8 aromatic rings. The van der Waals surface area contributed by atoms with Gasteiger partial charge >= 0.3 is 0 Å². The Hall–Kier alpha value is -6.43. The van der Waals surface area contributed by atoms with Crippen molar-refractivity contribution in [3.63, 3.8) is 0 Å². The topological polar surface area (TPSA) is 76.7 Å². The van der Waals surface area contributed by atoms with E-state index in [1.54, 1.807) is 14.1 Å². The molecule has 0 unspecified atom stereocenters. The van der Waals surface area contributed by atoms with Crippen molar-refractivity contribution in [3.8, 4) is 0 Å². The van der Waals surface area contributed by atoms with Crippen LogP contribution in [0, 0.1) is 23.7 Å². The van der Waals surface area contributed by atoms with E-state index in [1.807, 2.05) is 24.3 Å². The number of fused-ring (bicyclic) bond motifs is 8. The fraction of sp³-hybridized carbons (Fsp3) is 0.0426. The molecule has 0 fully saturated rings. The summed E-state index contributed by atoms with van der Waals surface area (Å²) in [7, 11) is 3.38. The molecule has 5 heterocycles. The molecule has 1 aliphatic heterocycles. The van der Waals surface area contributed by atoms with E-state index in [-0.39, 0.29) is 19.5 Å². The van der Waals surface area contributed by atoms with Crippen LogP contribution in [-0.2, 0) is 24.3 Å². The van der Waals surface area contributed by atoms with Gasteiger partial charge in [0.25, 0.3) is 0 Å². The number of benzene rings is 4. The summed E-state index contributed by atoms with van der Waals surface area (Å²) in [5, 5.41) is 0. The summed E-state index contributed by atoms with van der Waals surface area (Å²) < 4.78 is 0. The molecule has 6 nitrogen and oxygen atoms in total. The molecule has 0 radical (unpaired) electrons. The second-order valence-electron chi connectivity index (χ2n) is 12.9. The Morgan fingerprint density at radius 1 is 0.352 bits per heavy atom. The predicted molar refractivity (Wildman–Crippen MR) is 207 cm³/mol. The summed E-state index contributed by atoms with van der Waals surface area (Å²) in [5.41, 5.74) is 11.1. The van der Waals surface area contributed by atoms with Gasteiger partial charge in [0.15, 0.2) is 0 Å². The normalized spacial score (nSPS) is 12.0. The molecule has 0 saturated heterocycles. The second kappa shape index (κ2) is 16.1. The van der Waals surface area contributed by atoms with Crippen molar-refractivity contribution < 1.29 is 24.3 Å². The average molecular weight is 751 g/mol. The van der Waals surface area contributed by atoms with Crippen LogP contribution in [0.25, 0.3) is 0 Å². The Balaban J connectivity index is 0.000000706. The van der Waals surface area contributed by atoms with Crippen LogP contribution < -0.4 is 19.9 Å². The number of amides is 1. The van der Waals surface area contributed by atoms with Gasteiger partial charge in [-0.1, -0.05) is 0 Å². The Bertz CT molecular complexity index is 1970. The van der Waals surface area contributed by atoms with Crippen molar-refractivity contribution in [2.45, 2.75) is 0 Å². The van der Waals surface area contributed by atoms with Crippen LogP contribution in [0.3, 0.4) is 0 Å². The summed E-state index contributed by atoms with van der Waals surface area (Å²) in [4.78, 5) is 32.1. The zero-order valence-electron chi connectivity index (χ0n) is 30.1. The van der Waals surface area contributed by atoms with Crippen LogP contribution in [-0.4, -0.2) is 25.4 Å². The van der Waals surface area contributed by atoms with Gasteiger partial charge in [-0.05, 0) is 118 Å². The minimum atomic E-state index is 0. The summed E-state index contributed by atoms with van der Waals surface area (Å²) in [6.45, 7) is 0. The molecule has 9 rings (SSSR count). The monoisotopic (exact) mass is 749 g/mol. The first-order chi connectivity index (χ1) is 26.1. The van der Waals surface area contributed by atoms with Gasteiger partial charge in [-0.15, -0.1) is 0 Å². The first kappa shape index (κ1) is 36.0. The number of rotatable bonds is 5. The number of carbonyl (C=O) groups is 1. The first-order valence-electron chi connectivity index (χ1n) is 17.5. The van der Waals surface area contributed by atoms with Gasteiger partial charge in [-0.2, -0.15) is 0 Å². The molecule has 0 N–H and O–H groups in total. The fourth-order valence-corrected chi connectivity index (χ4v) is 6.69. The molecular formula is C47H35N5OZn. The van der Waals surface area contributed by atoms with Crippen LogP contribution in [0.2, 0.25) is 0 Å². The Morgan fingerprint density at radius 2 is 0.519 bits per heavy atom. The van der Waals surface area contributed by atoms with Gasteiger partial charge in [-0.3, -0.25) is 4.79 Å². The number of nitrogens with zero attached hydrogens (tertiary/aromatic N) is 5. The number of carbonyl (C=O) groups excluding carboxylic acids is 1. The quantitative estimate of drug-likeness (QED) is 0.103. The first-order valence-corrected chi connectivity index (χ1v) is 17.5. The van der Waals surface area contributed by atoms with Crippen molar-refractivity contribution >= 4 is 6.41 Å². The minimum Gasteiger partial charge on any atom is -0.628 e. The summed E-state index contributed by atoms with van der Waals surface area (Å²) in [6, 6.07) is 58.4. The molecule has 0 saturated carbocycles. The standard InChI is InChI=1S/C44H28N4.C3H7NO.Zn/c1-5-13-29(14-6-1)41-33-21-23-35(45-33)42(30-15-7-2-8-16-30)37-25-27-39(47-37)44(32-19-11-4-12-20-32)40-28-26-38(48-40)43(31-17-9-3-10-18-31)36-24-22-34(41)46-36;1-4(2)3-5;/h1-28H;3H,1-2H3;. The van der Waals surface area contributed by atoms with E-state index in [0.717, 1.165) is 97.9 Å². The maximum Gasteiger partial charge on any atom is 0.209 e. The maximum atomic E-state index is 9.43. The van der Waals surface area contributed by atoms with Crippen molar-refractivity contribution in [2.24, 2.45) is 0 Å². The molecule has 4 aromatic heterocycles. The molecule has 0 aliphatic carbocycles. The molecule has 8 bridgehead atoms. The Labute approximate surface area is 329 Å². The van der Waals surface area contributed by atoms with Crippen molar-refractivity contribution in [1.29, 1.82) is 0 Å². The average Bonchev–Trinajstić information content (AvgIpc) is 4.05. The number of aromatic nitrogens is 4. The second-order valence-corrected chi connectivity index (χ2v) is 12.9. The van der Waals surface area contributed by atoms with E-state index in [2.05, 4.69) is 146 Å². The van der Waals surface area contributed by atoms with E-state index in [1.165, 1.54) is 4.90 Å². The van der Waals surface area contributed by atoms with Gasteiger partial charge in [0.2, 0.25) is 6.41 Å². The Morgan fingerprint density at radius 3 is 0.667 bits per heavy atom. The summed E-state index contributed by atoms with van der Waals surface area (Å²) in [5.74, 6) is 3.91. The smallest absolute Gasteiger partial charge is 0.209 e. The van der Waals surface area contributed by atoms with Gasteiger partial charge < -0.3 is 24.8 Å². The fourth-order valence-electron chi connectivity index (χ4n) is 6.69. The van der Waals surface area contributed by atoms with Crippen LogP contribution in [0.5, 0.6) is 0 Å². The zero-order chi connectivity index (χ0) is 36.1. The van der Waals surface area contributed by atoms with Crippen LogP contribution in [0.1, 0.15) is 67.8 Å². The van der Waals surface area contributed by atoms with Crippen molar-refractivity contribution in [1.82, 2.24) is 24.8 Å². The number of hydrogen-bond donors (Lipinski definition) is 0. The molecule has 4 aromatic carbocycles.